The van der Waals surface area contributed by atoms with Crippen molar-refractivity contribution in [2.24, 2.45) is 0 Å². The van der Waals surface area contributed by atoms with E-state index in [0.717, 1.165) is 38.5 Å². The fraction of sp³-hybridized carbons (Fsp3) is 1.00. The molecule has 0 spiro atoms. The number of hydrogen-bond acceptors (Lipinski definition) is 2. The summed E-state index contributed by atoms with van der Waals surface area (Å²) in [4.78, 5) is 0. The Balaban J connectivity index is 3.29. The van der Waals surface area contributed by atoms with E-state index in [1.165, 1.54) is 64.2 Å². The van der Waals surface area contributed by atoms with E-state index in [-0.39, 0.29) is 12.2 Å². The highest BCUT2D eigenvalue weighted by Gasteiger charge is 2.09. The summed E-state index contributed by atoms with van der Waals surface area (Å²) in [7, 11) is 0. The van der Waals surface area contributed by atoms with Gasteiger partial charge in [0.25, 0.3) is 0 Å². The van der Waals surface area contributed by atoms with Crippen molar-refractivity contribution in [3.63, 3.8) is 0 Å². The summed E-state index contributed by atoms with van der Waals surface area (Å²) in [6.45, 7) is 4.46. The van der Waals surface area contributed by atoms with Crippen molar-refractivity contribution < 1.29 is 10.2 Å². The molecule has 0 bridgehead atoms. The molecule has 0 saturated carbocycles. The van der Waals surface area contributed by atoms with Crippen LogP contribution in [0.5, 0.6) is 0 Å². The predicted octanol–water partition coefficient (Wildman–Crippen LogP) is 5.99. The molecule has 2 nitrogen and oxygen atoms in total. The quantitative estimate of drug-likeness (QED) is 0.324. The summed E-state index contributed by atoms with van der Waals surface area (Å²) in [5.41, 5.74) is 0. The van der Waals surface area contributed by atoms with Crippen molar-refractivity contribution in [1.29, 1.82) is 0 Å². The van der Waals surface area contributed by atoms with Crippen LogP contribution in [-0.4, -0.2) is 22.4 Å². The molecule has 134 valence electrons. The van der Waals surface area contributed by atoms with Crippen LogP contribution in [0, 0.1) is 0 Å². The van der Waals surface area contributed by atoms with Gasteiger partial charge in [0.05, 0.1) is 12.2 Å². The average molecular weight is 315 g/mol. The van der Waals surface area contributed by atoms with Gasteiger partial charge in [-0.1, -0.05) is 90.9 Å². The van der Waals surface area contributed by atoms with E-state index in [1.54, 1.807) is 0 Å². The summed E-state index contributed by atoms with van der Waals surface area (Å²) in [5.74, 6) is 0. The van der Waals surface area contributed by atoms with E-state index < -0.39 is 0 Å². The molecule has 0 fully saturated rings. The topological polar surface area (TPSA) is 40.5 Å². The first-order valence-electron chi connectivity index (χ1n) is 10.1. The van der Waals surface area contributed by atoms with Gasteiger partial charge < -0.3 is 10.2 Å². The van der Waals surface area contributed by atoms with Crippen LogP contribution in [0.3, 0.4) is 0 Å². The van der Waals surface area contributed by atoms with Crippen LogP contribution >= 0.6 is 0 Å². The number of unbranched alkanes of at least 4 members (excludes halogenated alkanes) is 10. The zero-order chi connectivity index (χ0) is 16.5. The standard InChI is InChI=1S/C20H42O2/c1-3-5-7-9-10-11-12-14-16-20(22)18-17-19(21)15-13-8-6-4-2/h19-22H,3-18H2,1-2H3. The molecule has 2 unspecified atom stereocenters. The van der Waals surface area contributed by atoms with Gasteiger partial charge in [0.15, 0.2) is 0 Å². The Labute approximate surface area is 139 Å². The highest BCUT2D eigenvalue weighted by molar-refractivity contribution is 4.62. The zero-order valence-electron chi connectivity index (χ0n) is 15.4. The third-order valence-electron chi connectivity index (χ3n) is 4.61. The minimum absolute atomic E-state index is 0.203. The molecule has 0 aromatic rings. The molecule has 0 aliphatic heterocycles. The van der Waals surface area contributed by atoms with Gasteiger partial charge in [0.2, 0.25) is 0 Å². The van der Waals surface area contributed by atoms with Crippen molar-refractivity contribution >= 4 is 0 Å². The molecule has 0 saturated heterocycles. The van der Waals surface area contributed by atoms with Gasteiger partial charge >= 0.3 is 0 Å². The number of aliphatic hydroxyl groups excluding tert-OH is 2. The molecule has 0 amide bonds. The highest BCUT2D eigenvalue weighted by Crippen LogP contribution is 2.15. The second-order valence-corrected chi connectivity index (χ2v) is 7.00. The molecule has 2 heteroatoms. The Morgan fingerprint density at radius 3 is 1.18 bits per heavy atom. The van der Waals surface area contributed by atoms with E-state index in [2.05, 4.69) is 13.8 Å². The van der Waals surface area contributed by atoms with Crippen molar-refractivity contribution in [3.05, 3.63) is 0 Å². The molecule has 0 aliphatic carbocycles. The maximum absolute atomic E-state index is 9.97. The normalized spacial score (nSPS) is 14.2. The van der Waals surface area contributed by atoms with Crippen molar-refractivity contribution in [2.45, 2.75) is 129 Å². The van der Waals surface area contributed by atoms with Crippen LogP contribution in [0.1, 0.15) is 117 Å². The molecule has 0 heterocycles. The molecule has 2 atom stereocenters. The summed E-state index contributed by atoms with van der Waals surface area (Å²) in [6.07, 6.45) is 18.3. The van der Waals surface area contributed by atoms with Gasteiger partial charge in [0.1, 0.15) is 0 Å². The number of rotatable bonds is 17. The van der Waals surface area contributed by atoms with Crippen molar-refractivity contribution in [3.8, 4) is 0 Å². The molecule has 0 aromatic heterocycles. The van der Waals surface area contributed by atoms with E-state index in [0.29, 0.717) is 0 Å². The third kappa shape index (κ3) is 16.3. The van der Waals surface area contributed by atoms with Crippen molar-refractivity contribution in [2.75, 3.05) is 0 Å². The SMILES string of the molecule is CCCCCCCCCCC(O)CCC(O)CCCCCC. The van der Waals surface area contributed by atoms with E-state index >= 15 is 0 Å². The monoisotopic (exact) mass is 314 g/mol. The van der Waals surface area contributed by atoms with Crippen LogP contribution in [0.15, 0.2) is 0 Å². The largest absolute Gasteiger partial charge is 0.393 e. The van der Waals surface area contributed by atoms with Crippen LogP contribution in [0.2, 0.25) is 0 Å². The summed E-state index contributed by atoms with van der Waals surface area (Å²) >= 11 is 0. The van der Waals surface area contributed by atoms with Gasteiger partial charge in [-0.25, -0.2) is 0 Å². The van der Waals surface area contributed by atoms with E-state index in [1.807, 2.05) is 0 Å². The maximum Gasteiger partial charge on any atom is 0.0541 e. The summed E-state index contributed by atoms with van der Waals surface area (Å²) in [6, 6.07) is 0. The smallest absolute Gasteiger partial charge is 0.0541 e. The molecular formula is C20H42O2. The Kier molecular flexibility index (Phi) is 17.2. The predicted molar refractivity (Wildman–Crippen MR) is 97.2 cm³/mol. The third-order valence-corrected chi connectivity index (χ3v) is 4.61. The number of aliphatic hydroxyl groups is 2. The zero-order valence-corrected chi connectivity index (χ0v) is 15.4. The first kappa shape index (κ1) is 21.9. The Morgan fingerprint density at radius 2 is 0.773 bits per heavy atom. The molecule has 22 heavy (non-hydrogen) atoms. The highest BCUT2D eigenvalue weighted by atomic mass is 16.3. The van der Waals surface area contributed by atoms with Gasteiger partial charge in [-0.05, 0) is 25.7 Å². The molecule has 0 radical (unpaired) electrons. The molecule has 2 N–H and O–H groups in total. The first-order valence-corrected chi connectivity index (χ1v) is 10.1. The summed E-state index contributed by atoms with van der Waals surface area (Å²) < 4.78 is 0. The Morgan fingerprint density at radius 1 is 0.455 bits per heavy atom. The van der Waals surface area contributed by atoms with Crippen LogP contribution in [-0.2, 0) is 0 Å². The average Bonchev–Trinajstić information content (AvgIpc) is 2.52. The second kappa shape index (κ2) is 17.3. The Bertz CT molecular complexity index is 206. The van der Waals surface area contributed by atoms with Crippen molar-refractivity contribution in [1.82, 2.24) is 0 Å². The molecule has 0 rings (SSSR count). The van der Waals surface area contributed by atoms with Crippen LogP contribution in [0.25, 0.3) is 0 Å². The number of hydrogen-bond donors (Lipinski definition) is 2. The minimum atomic E-state index is -0.204. The fourth-order valence-corrected chi connectivity index (χ4v) is 2.99. The lowest BCUT2D eigenvalue weighted by molar-refractivity contribution is 0.101. The fourth-order valence-electron chi connectivity index (χ4n) is 2.99. The Hall–Kier alpha value is -0.0800. The molecular weight excluding hydrogens is 272 g/mol. The first-order chi connectivity index (χ1) is 10.7. The van der Waals surface area contributed by atoms with Gasteiger partial charge in [0, 0.05) is 0 Å². The second-order valence-electron chi connectivity index (χ2n) is 7.00. The van der Waals surface area contributed by atoms with E-state index in [4.69, 9.17) is 0 Å². The lowest BCUT2D eigenvalue weighted by atomic mass is 10.0. The minimum Gasteiger partial charge on any atom is -0.393 e. The van der Waals surface area contributed by atoms with Crippen LogP contribution < -0.4 is 0 Å². The molecule has 0 aliphatic rings. The van der Waals surface area contributed by atoms with Gasteiger partial charge in [-0.15, -0.1) is 0 Å². The maximum atomic E-state index is 9.97. The summed E-state index contributed by atoms with van der Waals surface area (Å²) in [5, 5.41) is 19.9. The van der Waals surface area contributed by atoms with Gasteiger partial charge in [-0.3, -0.25) is 0 Å². The lowest BCUT2D eigenvalue weighted by Crippen LogP contribution is -2.13. The van der Waals surface area contributed by atoms with E-state index in [9.17, 15) is 10.2 Å². The lowest BCUT2D eigenvalue weighted by Gasteiger charge is -2.14. The van der Waals surface area contributed by atoms with Gasteiger partial charge in [-0.2, -0.15) is 0 Å². The van der Waals surface area contributed by atoms with Crippen LogP contribution in [0.4, 0.5) is 0 Å². The molecule has 0 aromatic carbocycles.